The molecule has 1 aliphatic rings. The van der Waals surface area contributed by atoms with Gasteiger partial charge in [-0.15, -0.1) is 0 Å². The first-order valence-corrected chi connectivity index (χ1v) is 8.89. The lowest BCUT2D eigenvalue weighted by molar-refractivity contribution is -0.384. The van der Waals surface area contributed by atoms with E-state index in [1.54, 1.807) is 0 Å². The third-order valence-electron chi connectivity index (χ3n) is 4.78. The van der Waals surface area contributed by atoms with E-state index >= 15 is 0 Å². The number of nitrogens with one attached hydrogen (secondary N) is 2. The van der Waals surface area contributed by atoms with Gasteiger partial charge in [-0.25, -0.2) is 0 Å². The number of carbonyl (C=O) groups excluding carboxylic acids is 1. The van der Waals surface area contributed by atoms with Crippen LogP contribution in [0.1, 0.15) is 28.8 Å². The fraction of sp³-hybridized carbons (Fsp3) is 0.316. The zero-order valence-corrected chi connectivity index (χ0v) is 14.9. The number of rotatable bonds is 6. The Morgan fingerprint density at radius 3 is 2.52 bits per heavy atom. The number of piperidine rings is 1. The van der Waals surface area contributed by atoms with Crippen molar-refractivity contribution in [2.24, 2.45) is 5.84 Å². The van der Waals surface area contributed by atoms with E-state index in [0.29, 0.717) is 5.56 Å². The Hall–Kier alpha value is -2.97. The summed E-state index contributed by atoms with van der Waals surface area (Å²) >= 11 is 0. The normalized spacial score (nSPS) is 15.3. The lowest BCUT2D eigenvalue weighted by atomic mass is 10.0. The average molecular weight is 369 g/mol. The smallest absolute Gasteiger partial charge is 0.293 e. The Balaban J connectivity index is 1.54. The molecule has 0 radical (unpaired) electrons. The Bertz CT molecular complexity index is 804. The van der Waals surface area contributed by atoms with Crippen LogP contribution in [0.5, 0.6) is 0 Å². The summed E-state index contributed by atoms with van der Waals surface area (Å²) in [4.78, 5) is 25.2. The van der Waals surface area contributed by atoms with Crippen molar-refractivity contribution in [3.05, 3.63) is 69.8 Å². The molecular weight excluding hydrogens is 346 g/mol. The molecule has 0 atom stereocenters. The molecule has 1 aliphatic heterocycles. The van der Waals surface area contributed by atoms with Gasteiger partial charge in [-0.1, -0.05) is 30.3 Å². The van der Waals surface area contributed by atoms with Crippen LogP contribution >= 0.6 is 0 Å². The molecule has 8 nitrogen and oxygen atoms in total. The molecule has 4 N–H and O–H groups in total. The van der Waals surface area contributed by atoms with Crippen molar-refractivity contribution in [1.29, 1.82) is 0 Å². The van der Waals surface area contributed by atoms with Gasteiger partial charge in [-0.2, -0.15) is 0 Å². The second-order valence-electron chi connectivity index (χ2n) is 6.64. The number of hydrogen-bond donors (Lipinski definition) is 3. The number of carbonyl (C=O) groups is 1. The van der Waals surface area contributed by atoms with E-state index < -0.39 is 4.92 Å². The molecule has 0 spiro atoms. The van der Waals surface area contributed by atoms with E-state index in [1.807, 2.05) is 18.2 Å². The average Bonchev–Trinajstić information content (AvgIpc) is 2.69. The highest BCUT2D eigenvalue weighted by atomic mass is 16.6. The minimum Gasteiger partial charge on any atom is -0.349 e. The number of nitro benzene ring substituents is 1. The van der Waals surface area contributed by atoms with Crippen LogP contribution in [0.15, 0.2) is 48.5 Å². The summed E-state index contributed by atoms with van der Waals surface area (Å²) in [6.07, 6.45) is 1.74. The van der Waals surface area contributed by atoms with Crippen molar-refractivity contribution in [3.63, 3.8) is 0 Å². The number of nitro groups is 1. The van der Waals surface area contributed by atoms with Gasteiger partial charge in [0.25, 0.3) is 11.6 Å². The first-order valence-electron chi connectivity index (χ1n) is 8.89. The molecule has 1 amide bonds. The Labute approximate surface area is 157 Å². The maximum Gasteiger partial charge on any atom is 0.293 e. The van der Waals surface area contributed by atoms with Crippen LogP contribution < -0.4 is 16.6 Å². The third-order valence-corrected chi connectivity index (χ3v) is 4.78. The highest BCUT2D eigenvalue weighted by molar-refractivity contribution is 5.96. The zero-order valence-electron chi connectivity index (χ0n) is 14.9. The number of nitrogen functional groups attached to an aromatic ring is 1. The monoisotopic (exact) mass is 369 g/mol. The number of benzene rings is 2. The predicted molar refractivity (Wildman–Crippen MR) is 103 cm³/mol. The first kappa shape index (κ1) is 18.8. The van der Waals surface area contributed by atoms with Crippen LogP contribution in [-0.2, 0) is 6.54 Å². The lowest BCUT2D eigenvalue weighted by Gasteiger charge is -2.32. The van der Waals surface area contributed by atoms with E-state index in [2.05, 4.69) is 27.8 Å². The number of anilines is 1. The maximum atomic E-state index is 12.5. The minimum absolute atomic E-state index is 0.0917. The number of nitrogens with zero attached hydrogens (tertiary/aromatic N) is 2. The van der Waals surface area contributed by atoms with Crippen molar-refractivity contribution in [2.45, 2.75) is 25.4 Å². The van der Waals surface area contributed by atoms with E-state index in [1.165, 1.54) is 23.8 Å². The molecule has 8 heteroatoms. The summed E-state index contributed by atoms with van der Waals surface area (Å²) in [7, 11) is 0. The SMILES string of the molecule is NNc1cc(C(=O)NC2CCN(Cc3ccccc3)CC2)ccc1[N+](=O)[O-]. The number of hydrazine groups is 1. The molecule has 0 aliphatic carbocycles. The van der Waals surface area contributed by atoms with Gasteiger partial charge in [0.15, 0.2) is 0 Å². The van der Waals surface area contributed by atoms with Gasteiger partial charge in [0, 0.05) is 37.3 Å². The first-order chi connectivity index (χ1) is 13.1. The number of nitrogens with two attached hydrogens (primary N) is 1. The zero-order chi connectivity index (χ0) is 19.2. The summed E-state index contributed by atoms with van der Waals surface area (Å²) in [5.74, 6) is 5.08. The highest BCUT2D eigenvalue weighted by Crippen LogP contribution is 2.24. The third kappa shape index (κ3) is 4.81. The van der Waals surface area contributed by atoms with Gasteiger partial charge in [0.05, 0.1) is 4.92 Å². The van der Waals surface area contributed by atoms with Crippen LogP contribution in [0.3, 0.4) is 0 Å². The molecule has 27 heavy (non-hydrogen) atoms. The van der Waals surface area contributed by atoms with Gasteiger partial charge >= 0.3 is 0 Å². The molecule has 0 aromatic heterocycles. The van der Waals surface area contributed by atoms with Crippen molar-refractivity contribution >= 4 is 17.3 Å². The van der Waals surface area contributed by atoms with Crippen LogP contribution in [0.2, 0.25) is 0 Å². The van der Waals surface area contributed by atoms with Gasteiger partial charge in [-0.3, -0.25) is 25.7 Å². The number of hydrogen-bond acceptors (Lipinski definition) is 6. The highest BCUT2D eigenvalue weighted by Gasteiger charge is 2.22. The number of likely N-dealkylation sites (tertiary alicyclic amines) is 1. The van der Waals surface area contributed by atoms with Crippen LogP contribution in [0, 0.1) is 10.1 Å². The van der Waals surface area contributed by atoms with Crippen LogP contribution in [0.4, 0.5) is 11.4 Å². The fourth-order valence-electron chi connectivity index (χ4n) is 3.30. The summed E-state index contributed by atoms with van der Waals surface area (Å²) in [5.41, 5.74) is 3.86. The molecule has 1 heterocycles. The second kappa shape index (κ2) is 8.61. The number of amides is 1. The predicted octanol–water partition coefficient (Wildman–Crippen LogP) is 2.27. The van der Waals surface area contributed by atoms with Crippen LogP contribution in [0.25, 0.3) is 0 Å². The molecule has 1 fully saturated rings. The van der Waals surface area contributed by atoms with E-state index in [-0.39, 0.29) is 23.3 Å². The summed E-state index contributed by atoms with van der Waals surface area (Å²) in [6.45, 7) is 2.74. The molecule has 0 bridgehead atoms. The molecule has 2 aromatic carbocycles. The molecule has 0 unspecified atom stereocenters. The Kier molecular flexibility index (Phi) is 6.00. The van der Waals surface area contributed by atoms with E-state index in [0.717, 1.165) is 32.5 Å². The Morgan fingerprint density at radius 2 is 1.89 bits per heavy atom. The van der Waals surface area contributed by atoms with E-state index in [4.69, 9.17) is 5.84 Å². The molecule has 1 saturated heterocycles. The second-order valence-corrected chi connectivity index (χ2v) is 6.64. The standard InChI is InChI=1S/C19H23N5O3/c20-22-17-12-15(6-7-18(17)24(26)27)19(25)21-16-8-10-23(11-9-16)13-14-4-2-1-3-5-14/h1-7,12,16,22H,8-11,13,20H2,(H,21,25). The van der Waals surface area contributed by atoms with Crippen molar-refractivity contribution in [2.75, 3.05) is 18.5 Å². The molecular formula is C19H23N5O3. The quantitative estimate of drug-likeness (QED) is 0.409. The topological polar surface area (TPSA) is 114 Å². The van der Waals surface area contributed by atoms with Gasteiger partial charge in [0.1, 0.15) is 5.69 Å². The lowest BCUT2D eigenvalue weighted by Crippen LogP contribution is -2.44. The Morgan fingerprint density at radius 1 is 1.19 bits per heavy atom. The van der Waals surface area contributed by atoms with Crippen molar-refractivity contribution in [1.82, 2.24) is 10.2 Å². The molecule has 142 valence electrons. The maximum absolute atomic E-state index is 12.5. The van der Waals surface area contributed by atoms with Gasteiger partial charge < -0.3 is 10.7 Å². The van der Waals surface area contributed by atoms with Crippen molar-refractivity contribution in [3.8, 4) is 0 Å². The fourth-order valence-corrected chi connectivity index (χ4v) is 3.30. The van der Waals surface area contributed by atoms with Gasteiger partial charge in [0.2, 0.25) is 0 Å². The van der Waals surface area contributed by atoms with Crippen molar-refractivity contribution < 1.29 is 9.72 Å². The minimum atomic E-state index is -0.542. The summed E-state index contributed by atoms with van der Waals surface area (Å²) < 4.78 is 0. The molecule has 3 rings (SSSR count). The van der Waals surface area contributed by atoms with Crippen LogP contribution in [-0.4, -0.2) is 34.9 Å². The summed E-state index contributed by atoms with van der Waals surface area (Å²) in [5, 5.41) is 14.0. The molecule has 2 aromatic rings. The van der Waals surface area contributed by atoms with E-state index in [9.17, 15) is 14.9 Å². The molecule has 0 saturated carbocycles. The largest absolute Gasteiger partial charge is 0.349 e. The summed E-state index contributed by atoms with van der Waals surface area (Å²) in [6, 6.07) is 14.5. The van der Waals surface area contributed by atoms with Gasteiger partial charge in [-0.05, 0) is 30.5 Å².